The molecule has 2 aliphatic carbocycles. The molecule has 4 rings (SSSR count). The number of ether oxygens (including phenoxy) is 1. The maximum Gasteiger partial charge on any atom is 0.417 e. The Morgan fingerprint density at radius 3 is 2.17 bits per heavy atom. The lowest BCUT2D eigenvalue weighted by atomic mass is 9.96. The molecule has 3 N–H and O–H groups in total. The van der Waals surface area contributed by atoms with Gasteiger partial charge in [0, 0.05) is 12.5 Å². The molecule has 2 aliphatic rings. The van der Waals surface area contributed by atoms with Gasteiger partial charge in [0.1, 0.15) is 6.61 Å². The Bertz CT molecular complexity index is 1070. The zero-order chi connectivity index (χ0) is 25.2. The number of carboxylic acids is 1. The van der Waals surface area contributed by atoms with Crippen molar-refractivity contribution >= 4 is 18.0 Å². The van der Waals surface area contributed by atoms with Gasteiger partial charge in [-0.05, 0) is 41.0 Å². The summed E-state index contributed by atoms with van der Waals surface area (Å²) in [4.78, 5) is 35.9. The van der Waals surface area contributed by atoms with E-state index in [2.05, 4.69) is 5.32 Å². The van der Waals surface area contributed by atoms with E-state index in [-0.39, 0.29) is 19.1 Å². The van der Waals surface area contributed by atoms with Crippen molar-refractivity contribution in [3.63, 3.8) is 0 Å². The molecule has 3 atom stereocenters. The van der Waals surface area contributed by atoms with Gasteiger partial charge < -0.3 is 20.5 Å². The molecule has 1 saturated carbocycles. The van der Waals surface area contributed by atoms with Crippen molar-refractivity contribution in [1.82, 2.24) is 10.6 Å². The van der Waals surface area contributed by atoms with E-state index >= 15 is 0 Å². The fourth-order valence-electron chi connectivity index (χ4n) is 4.99. The van der Waals surface area contributed by atoms with Gasteiger partial charge in [-0.15, -0.1) is 0 Å². The number of hydrogen-bond donors (Lipinski definition) is 3. The van der Waals surface area contributed by atoms with Crippen LogP contribution in [0.15, 0.2) is 48.5 Å². The molecular formula is C25H25F3N2O5. The van der Waals surface area contributed by atoms with E-state index in [9.17, 15) is 32.7 Å². The highest BCUT2D eigenvalue weighted by Gasteiger charge is 2.47. The lowest BCUT2D eigenvalue weighted by Crippen LogP contribution is -2.55. The Morgan fingerprint density at radius 1 is 1.00 bits per heavy atom. The van der Waals surface area contributed by atoms with E-state index in [1.807, 2.05) is 48.5 Å². The molecular weight excluding hydrogens is 465 g/mol. The molecule has 10 heteroatoms. The molecule has 0 bridgehead atoms. The van der Waals surface area contributed by atoms with E-state index in [4.69, 9.17) is 4.74 Å². The normalized spacial score (nSPS) is 20.0. The Morgan fingerprint density at radius 2 is 1.60 bits per heavy atom. The highest BCUT2D eigenvalue weighted by Crippen LogP contribution is 2.44. The minimum atomic E-state index is -5.06. The summed E-state index contributed by atoms with van der Waals surface area (Å²) in [5.41, 5.74) is 3.74. The van der Waals surface area contributed by atoms with Crippen LogP contribution in [0.25, 0.3) is 11.1 Å². The molecule has 0 radical (unpaired) electrons. The average Bonchev–Trinajstić information content (AvgIpc) is 3.42. The standard InChI is InChI=1S/C25H25F3N2O5/c26-25(27,28)21(22(31)29-12-14-6-5-11-15(14)23(32)33)30-24(34)35-13-20-18-9-3-1-7-16(18)17-8-2-4-10-19(17)20/h1-4,7-10,14-15,20-21H,5-6,11-13H2,(H,29,31)(H,30,34)(H,32,33)/t14-,15-,21?/m1/s1. The second kappa shape index (κ2) is 9.97. The van der Waals surface area contributed by atoms with Gasteiger partial charge in [-0.3, -0.25) is 9.59 Å². The fraction of sp³-hybridized carbons (Fsp3) is 0.400. The number of benzene rings is 2. The van der Waals surface area contributed by atoms with Crippen LogP contribution in [0.3, 0.4) is 0 Å². The summed E-state index contributed by atoms with van der Waals surface area (Å²) in [5, 5.41) is 13.0. The molecule has 7 nitrogen and oxygen atoms in total. The van der Waals surface area contributed by atoms with Gasteiger partial charge in [-0.2, -0.15) is 13.2 Å². The van der Waals surface area contributed by atoms with Crippen LogP contribution in [-0.2, 0) is 14.3 Å². The van der Waals surface area contributed by atoms with Crippen LogP contribution in [0.2, 0.25) is 0 Å². The van der Waals surface area contributed by atoms with Crippen molar-refractivity contribution in [2.75, 3.05) is 13.2 Å². The van der Waals surface area contributed by atoms with E-state index in [1.54, 1.807) is 5.32 Å². The fourth-order valence-corrected chi connectivity index (χ4v) is 4.99. The number of carbonyl (C=O) groups excluding carboxylic acids is 2. The van der Waals surface area contributed by atoms with Gasteiger partial charge in [-0.1, -0.05) is 55.0 Å². The highest BCUT2D eigenvalue weighted by atomic mass is 19.4. The van der Waals surface area contributed by atoms with E-state index in [0.29, 0.717) is 19.3 Å². The summed E-state index contributed by atoms with van der Waals surface area (Å²) in [7, 11) is 0. The number of alkyl carbamates (subject to hydrolysis) is 1. The summed E-state index contributed by atoms with van der Waals surface area (Å²) >= 11 is 0. The second-order valence-electron chi connectivity index (χ2n) is 8.83. The van der Waals surface area contributed by atoms with Crippen LogP contribution in [0.4, 0.5) is 18.0 Å². The molecule has 0 saturated heterocycles. The van der Waals surface area contributed by atoms with E-state index < -0.39 is 42.0 Å². The van der Waals surface area contributed by atoms with Crippen LogP contribution >= 0.6 is 0 Å². The van der Waals surface area contributed by atoms with Crippen molar-refractivity contribution < 1.29 is 37.4 Å². The third kappa shape index (κ3) is 5.26. The van der Waals surface area contributed by atoms with Crippen molar-refractivity contribution in [2.45, 2.75) is 37.4 Å². The second-order valence-corrected chi connectivity index (χ2v) is 8.83. The van der Waals surface area contributed by atoms with Gasteiger partial charge in [0.15, 0.2) is 0 Å². The Labute approximate surface area is 199 Å². The van der Waals surface area contributed by atoms with E-state index in [0.717, 1.165) is 22.3 Å². The SMILES string of the molecule is O=C(NC(C(=O)NC[C@H]1CCC[C@H]1C(=O)O)C(F)(F)F)OCC1c2ccccc2-c2ccccc21. The predicted molar refractivity (Wildman–Crippen MR) is 120 cm³/mol. The third-order valence-corrected chi connectivity index (χ3v) is 6.71. The number of aliphatic carboxylic acids is 1. The van der Waals surface area contributed by atoms with Crippen molar-refractivity contribution in [1.29, 1.82) is 0 Å². The van der Waals surface area contributed by atoms with Crippen LogP contribution in [0.1, 0.15) is 36.3 Å². The van der Waals surface area contributed by atoms with Crippen LogP contribution < -0.4 is 10.6 Å². The number of alkyl halides is 3. The average molecular weight is 490 g/mol. The Balaban J connectivity index is 1.38. The predicted octanol–water partition coefficient (Wildman–Crippen LogP) is 4.07. The first-order valence-corrected chi connectivity index (χ1v) is 11.4. The van der Waals surface area contributed by atoms with Gasteiger partial charge >= 0.3 is 18.2 Å². The minimum Gasteiger partial charge on any atom is -0.481 e. The largest absolute Gasteiger partial charge is 0.481 e. The zero-order valence-corrected chi connectivity index (χ0v) is 18.7. The zero-order valence-electron chi connectivity index (χ0n) is 18.7. The number of carboxylic acid groups (broad SMARTS) is 1. The number of nitrogens with one attached hydrogen (secondary N) is 2. The van der Waals surface area contributed by atoms with Crippen LogP contribution in [0, 0.1) is 11.8 Å². The van der Waals surface area contributed by atoms with Gasteiger partial charge in [0.25, 0.3) is 5.91 Å². The molecule has 1 fully saturated rings. The van der Waals surface area contributed by atoms with Crippen molar-refractivity contribution in [3.8, 4) is 11.1 Å². The van der Waals surface area contributed by atoms with Gasteiger partial charge in [0.2, 0.25) is 6.04 Å². The number of hydrogen-bond acceptors (Lipinski definition) is 4. The maximum atomic E-state index is 13.5. The van der Waals surface area contributed by atoms with Gasteiger partial charge in [0.05, 0.1) is 5.92 Å². The maximum absolute atomic E-state index is 13.5. The molecule has 2 amide bonds. The van der Waals surface area contributed by atoms with Crippen molar-refractivity contribution in [3.05, 3.63) is 59.7 Å². The number of fused-ring (bicyclic) bond motifs is 3. The minimum absolute atomic E-state index is 0.200. The lowest BCUT2D eigenvalue weighted by Gasteiger charge is -2.23. The number of amides is 2. The first-order chi connectivity index (χ1) is 16.7. The summed E-state index contributed by atoms with van der Waals surface area (Å²) in [6.07, 6.45) is -4.89. The summed E-state index contributed by atoms with van der Waals surface area (Å²) in [5.74, 6) is -4.01. The first kappa shape index (κ1) is 24.6. The van der Waals surface area contributed by atoms with Gasteiger partial charge in [-0.25, -0.2) is 4.79 Å². The highest BCUT2D eigenvalue weighted by molar-refractivity contribution is 5.86. The Hall–Kier alpha value is -3.56. The number of halogens is 3. The quantitative estimate of drug-likeness (QED) is 0.543. The molecule has 35 heavy (non-hydrogen) atoms. The molecule has 0 heterocycles. The number of rotatable bonds is 7. The molecule has 0 aromatic heterocycles. The molecule has 1 unspecified atom stereocenters. The van der Waals surface area contributed by atoms with Crippen molar-refractivity contribution in [2.24, 2.45) is 11.8 Å². The smallest absolute Gasteiger partial charge is 0.417 e. The Kier molecular flexibility index (Phi) is 7.00. The molecule has 0 aliphatic heterocycles. The molecule has 186 valence electrons. The third-order valence-electron chi connectivity index (χ3n) is 6.71. The number of carbonyl (C=O) groups is 3. The monoisotopic (exact) mass is 490 g/mol. The first-order valence-electron chi connectivity index (χ1n) is 11.4. The summed E-state index contributed by atoms with van der Waals surface area (Å²) in [6, 6.07) is 12.2. The molecule has 2 aromatic carbocycles. The van der Waals surface area contributed by atoms with Crippen LogP contribution in [0.5, 0.6) is 0 Å². The van der Waals surface area contributed by atoms with Crippen LogP contribution in [-0.4, -0.2) is 48.4 Å². The lowest BCUT2D eigenvalue weighted by molar-refractivity contribution is -0.168. The topological polar surface area (TPSA) is 105 Å². The molecule has 2 aromatic rings. The summed E-state index contributed by atoms with van der Waals surface area (Å²) in [6.45, 7) is -0.414. The summed E-state index contributed by atoms with van der Waals surface area (Å²) < 4.78 is 45.8. The van der Waals surface area contributed by atoms with E-state index in [1.165, 1.54) is 0 Å². The molecule has 0 spiro atoms.